The number of esters is 1. The normalized spacial score (nSPS) is 9.77. The van der Waals surface area contributed by atoms with Gasteiger partial charge in [-0.05, 0) is 6.92 Å². The summed E-state index contributed by atoms with van der Waals surface area (Å²) in [6, 6.07) is 0. The van der Waals surface area contributed by atoms with Crippen LogP contribution >= 0.6 is 0 Å². The van der Waals surface area contributed by atoms with Gasteiger partial charge in [0.1, 0.15) is 0 Å². The summed E-state index contributed by atoms with van der Waals surface area (Å²) in [5, 5.41) is 6.60. The molecule has 0 radical (unpaired) electrons. The van der Waals surface area contributed by atoms with Crippen LogP contribution in [0.5, 0.6) is 5.88 Å². The summed E-state index contributed by atoms with van der Waals surface area (Å²) in [5.41, 5.74) is 1.57. The Morgan fingerprint density at radius 1 is 1.54 bits per heavy atom. The number of nitrogens with zero attached hydrogens (tertiary/aromatic N) is 1. The van der Waals surface area contributed by atoms with Gasteiger partial charge in [0.05, 0.1) is 20.6 Å². The van der Waals surface area contributed by atoms with Crippen LogP contribution in [0.25, 0.3) is 0 Å². The zero-order valence-corrected chi connectivity index (χ0v) is 7.88. The van der Waals surface area contributed by atoms with Crippen molar-refractivity contribution in [1.29, 1.82) is 0 Å². The van der Waals surface area contributed by atoms with Crippen LogP contribution in [0.15, 0.2) is 0 Å². The van der Waals surface area contributed by atoms with Crippen LogP contribution < -0.4 is 4.74 Å². The number of aromatic nitrogens is 2. The Bertz CT molecular complexity index is 306. The topological polar surface area (TPSA) is 64.2 Å². The van der Waals surface area contributed by atoms with Gasteiger partial charge in [-0.25, -0.2) is 0 Å². The maximum absolute atomic E-state index is 11.0. The zero-order valence-electron chi connectivity index (χ0n) is 7.88. The van der Waals surface area contributed by atoms with Crippen molar-refractivity contribution in [3.8, 4) is 5.88 Å². The number of carbonyl (C=O) groups excluding carboxylic acids is 1. The van der Waals surface area contributed by atoms with Crippen molar-refractivity contribution in [2.75, 3.05) is 14.2 Å². The van der Waals surface area contributed by atoms with Crippen LogP contribution in [0.4, 0.5) is 0 Å². The molecule has 1 aromatic heterocycles. The number of ether oxygens (including phenoxy) is 2. The minimum Gasteiger partial charge on any atom is -0.480 e. The van der Waals surface area contributed by atoms with E-state index in [2.05, 4.69) is 14.9 Å². The number of hydrogen-bond acceptors (Lipinski definition) is 4. The molecular weight excluding hydrogens is 172 g/mol. The zero-order chi connectivity index (χ0) is 9.84. The van der Waals surface area contributed by atoms with Crippen LogP contribution in [0.3, 0.4) is 0 Å². The Labute approximate surface area is 76.0 Å². The summed E-state index contributed by atoms with van der Waals surface area (Å²) in [7, 11) is 2.86. The predicted octanol–water partition coefficient (Wildman–Crippen LogP) is 0.442. The van der Waals surface area contributed by atoms with Crippen molar-refractivity contribution < 1.29 is 14.3 Å². The molecule has 0 aliphatic rings. The molecule has 1 N–H and O–H groups in total. The van der Waals surface area contributed by atoms with Gasteiger partial charge in [-0.1, -0.05) is 0 Å². The van der Waals surface area contributed by atoms with E-state index in [4.69, 9.17) is 4.74 Å². The molecule has 0 amide bonds. The highest BCUT2D eigenvalue weighted by atomic mass is 16.5. The van der Waals surface area contributed by atoms with Gasteiger partial charge in [0.2, 0.25) is 5.88 Å². The van der Waals surface area contributed by atoms with E-state index in [1.807, 2.05) is 6.92 Å². The van der Waals surface area contributed by atoms with E-state index in [1.54, 1.807) is 0 Å². The molecule has 0 bridgehead atoms. The van der Waals surface area contributed by atoms with Crippen LogP contribution in [-0.2, 0) is 16.0 Å². The Hall–Kier alpha value is -1.52. The van der Waals surface area contributed by atoms with Gasteiger partial charge < -0.3 is 9.47 Å². The third kappa shape index (κ3) is 1.99. The smallest absolute Gasteiger partial charge is 0.310 e. The van der Waals surface area contributed by atoms with Crippen molar-refractivity contribution in [1.82, 2.24) is 10.2 Å². The van der Waals surface area contributed by atoms with Crippen molar-refractivity contribution in [3.05, 3.63) is 11.3 Å². The Morgan fingerprint density at radius 2 is 2.23 bits per heavy atom. The minimum absolute atomic E-state index is 0.183. The third-order valence-electron chi connectivity index (χ3n) is 1.78. The van der Waals surface area contributed by atoms with Crippen LogP contribution in [0.1, 0.15) is 11.3 Å². The number of aromatic amines is 1. The molecule has 13 heavy (non-hydrogen) atoms. The number of H-pyrrole nitrogens is 1. The first-order valence-corrected chi connectivity index (χ1v) is 3.83. The summed E-state index contributed by atoms with van der Waals surface area (Å²) in [6.45, 7) is 1.83. The molecule has 1 heterocycles. The van der Waals surface area contributed by atoms with E-state index in [1.165, 1.54) is 14.2 Å². The highest BCUT2D eigenvalue weighted by Crippen LogP contribution is 2.18. The number of aryl methyl sites for hydroxylation is 1. The average Bonchev–Trinajstić information content (AvgIpc) is 2.48. The molecular formula is C8H12N2O3. The lowest BCUT2D eigenvalue weighted by Crippen LogP contribution is -2.05. The fraction of sp³-hybridized carbons (Fsp3) is 0.500. The number of methoxy groups -OCH3 is 2. The van der Waals surface area contributed by atoms with Gasteiger partial charge in [-0.2, -0.15) is 0 Å². The molecule has 0 saturated carbocycles. The predicted molar refractivity (Wildman–Crippen MR) is 45.6 cm³/mol. The Balaban J connectivity index is 2.85. The van der Waals surface area contributed by atoms with Crippen molar-refractivity contribution in [2.45, 2.75) is 13.3 Å². The summed E-state index contributed by atoms with van der Waals surface area (Å²) in [4.78, 5) is 11.0. The second-order valence-electron chi connectivity index (χ2n) is 2.59. The number of hydrogen-bond donors (Lipinski definition) is 1. The van der Waals surface area contributed by atoms with Gasteiger partial charge >= 0.3 is 5.97 Å². The second kappa shape index (κ2) is 3.93. The maximum atomic E-state index is 11.0. The molecule has 0 saturated heterocycles. The number of carbonyl (C=O) groups is 1. The monoisotopic (exact) mass is 184 g/mol. The molecule has 0 spiro atoms. The molecule has 0 aromatic carbocycles. The van der Waals surface area contributed by atoms with E-state index >= 15 is 0 Å². The number of rotatable bonds is 3. The number of nitrogens with one attached hydrogen (secondary N) is 1. The summed E-state index contributed by atoms with van der Waals surface area (Å²) < 4.78 is 9.50. The first kappa shape index (κ1) is 9.57. The van der Waals surface area contributed by atoms with E-state index in [0.29, 0.717) is 5.88 Å². The van der Waals surface area contributed by atoms with Crippen LogP contribution in [0.2, 0.25) is 0 Å². The minimum atomic E-state index is -0.303. The lowest BCUT2D eigenvalue weighted by atomic mass is 10.2. The van der Waals surface area contributed by atoms with Gasteiger partial charge in [0, 0.05) is 11.3 Å². The van der Waals surface area contributed by atoms with E-state index in [9.17, 15) is 4.79 Å². The first-order valence-electron chi connectivity index (χ1n) is 3.83. The molecule has 72 valence electrons. The van der Waals surface area contributed by atoms with Crippen molar-refractivity contribution in [3.63, 3.8) is 0 Å². The fourth-order valence-corrected chi connectivity index (χ4v) is 1.02. The Morgan fingerprint density at radius 3 is 2.77 bits per heavy atom. The SMILES string of the molecule is COC(=O)Cc1c(OC)n[nH]c1C. The molecule has 1 aromatic rings. The fourth-order valence-electron chi connectivity index (χ4n) is 1.02. The largest absolute Gasteiger partial charge is 0.480 e. The molecule has 1 rings (SSSR count). The summed E-state index contributed by atoms with van der Waals surface area (Å²) in [6.07, 6.45) is 0.183. The van der Waals surface area contributed by atoms with Gasteiger partial charge in [-0.3, -0.25) is 9.89 Å². The maximum Gasteiger partial charge on any atom is 0.310 e. The van der Waals surface area contributed by atoms with Crippen LogP contribution in [-0.4, -0.2) is 30.4 Å². The van der Waals surface area contributed by atoms with Gasteiger partial charge in [0.15, 0.2) is 0 Å². The first-order chi connectivity index (χ1) is 6.19. The molecule has 0 atom stereocenters. The summed E-state index contributed by atoms with van der Waals surface area (Å²) in [5.74, 6) is 0.144. The van der Waals surface area contributed by atoms with Crippen molar-refractivity contribution in [2.24, 2.45) is 0 Å². The van der Waals surface area contributed by atoms with E-state index < -0.39 is 0 Å². The van der Waals surface area contributed by atoms with Crippen LogP contribution in [0, 0.1) is 6.92 Å². The quantitative estimate of drug-likeness (QED) is 0.692. The highest BCUT2D eigenvalue weighted by Gasteiger charge is 2.14. The lowest BCUT2D eigenvalue weighted by Gasteiger charge is -2.00. The van der Waals surface area contributed by atoms with Gasteiger partial charge in [0.25, 0.3) is 0 Å². The molecule has 0 fully saturated rings. The lowest BCUT2D eigenvalue weighted by molar-refractivity contribution is -0.139. The van der Waals surface area contributed by atoms with Crippen molar-refractivity contribution >= 4 is 5.97 Å². The average molecular weight is 184 g/mol. The molecule has 5 nitrogen and oxygen atoms in total. The molecule has 0 aliphatic carbocycles. The third-order valence-corrected chi connectivity index (χ3v) is 1.78. The van der Waals surface area contributed by atoms with Gasteiger partial charge in [-0.15, -0.1) is 5.10 Å². The molecule has 5 heteroatoms. The second-order valence-corrected chi connectivity index (χ2v) is 2.59. The Kier molecular flexibility index (Phi) is 2.89. The van der Waals surface area contributed by atoms with E-state index in [0.717, 1.165) is 11.3 Å². The van der Waals surface area contributed by atoms with E-state index in [-0.39, 0.29) is 12.4 Å². The summed E-state index contributed by atoms with van der Waals surface area (Å²) >= 11 is 0. The molecule has 0 aliphatic heterocycles. The highest BCUT2D eigenvalue weighted by molar-refractivity contribution is 5.73. The molecule has 0 unspecified atom stereocenters. The standard InChI is InChI=1S/C8H12N2O3/c1-5-6(4-7(11)12-2)8(13-3)10-9-5/h4H2,1-3H3,(H,9,10).